The molecule has 0 bridgehead atoms. The fourth-order valence-electron chi connectivity index (χ4n) is 0.907. The minimum Gasteiger partial charge on any atom is -0.550 e. The summed E-state index contributed by atoms with van der Waals surface area (Å²) < 4.78 is 0. The van der Waals surface area contributed by atoms with Crippen molar-refractivity contribution in [3.8, 4) is 0 Å². The lowest BCUT2D eigenvalue weighted by Gasteiger charge is -2.15. The molecule has 1 N–H and O–H groups in total. The fourth-order valence-corrected chi connectivity index (χ4v) is 0.907. The summed E-state index contributed by atoms with van der Waals surface area (Å²) in [6, 6.07) is 0. The van der Waals surface area contributed by atoms with E-state index in [4.69, 9.17) is 9.90 Å². The molecule has 0 saturated carbocycles. The van der Waals surface area contributed by atoms with Crippen molar-refractivity contribution in [3.63, 3.8) is 0 Å². The van der Waals surface area contributed by atoms with Gasteiger partial charge < -0.3 is 9.90 Å². The molecule has 0 aromatic rings. The molecule has 0 spiro atoms. The van der Waals surface area contributed by atoms with Crippen molar-refractivity contribution in [2.75, 3.05) is 20.1 Å². The molecule has 0 fully saturated rings. The minimum absolute atomic E-state index is 0.972. The monoisotopic (exact) mass is 172 g/mol. The average molecular weight is 172 g/mol. The summed E-state index contributed by atoms with van der Waals surface area (Å²) in [6.45, 7) is 5.37. The van der Waals surface area contributed by atoms with Gasteiger partial charge in [0.1, 0.15) is 0 Å². The summed E-state index contributed by atoms with van der Waals surface area (Å²) in [7, 11) is 2.16. The number of carbonyl (C=O) groups is 1. The molecule has 1 rings (SSSR count). The van der Waals surface area contributed by atoms with Crippen LogP contribution in [0.2, 0.25) is 0 Å². The first kappa shape index (κ1) is 11.1. The van der Waals surface area contributed by atoms with Gasteiger partial charge in [0.05, 0.1) is 13.6 Å². The number of nitrogens with zero attached hydrogens (tertiary/aromatic N) is 1. The Balaban J connectivity index is 0.000000261. The summed E-state index contributed by atoms with van der Waals surface area (Å²) in [6.07, 6.45) is 1.25. The van der Waals surface area contributed by atoms with Crippen molar-refractivity contribution < 1.29 is 14.8 Å². The molecule has 1 unspecified atom stereocenters. The van der Waals surface area contributed by atoms with Crippen molar-refractivity contribution in [2.45, 2.75) is 20.3 Å². The summed E-state index contributed by atoms with van der Waals surface area (Å²) >= 11 is 0. The molecule has 0 radical (unpaired) electrons. The van der Waals surface area contributed by atoms with Crippen molar-refractivity contribution >= 4 is 11.8 Å². The van der Waals surface area contributed by atoms with E-state index in [0.717, 1.165) is 13.5 Å². The lowest BCUT2D eigenvalue weighted by molar-refractivity contribution is -0.785. The first-order chi connectivity index (χ1) is 5.54. The molecule has 12 heavy (non-hydrogen) atoms. The van der Waals surface area contributed by atoms with Crippen molar-refractivity contribution in [1.29, 1.82) is 0 Å². The Labute approximate surface area is 72.9 Å². The zero-order valence-corrected chi connectivity index (χ0v) is 7.89. The van der Waals surface area contributed by atoms with Gasteiger partial charge in [0.2, 0.25) is 0 Å². The Hall–Kier alpha value is -0.900. The van der Waals surface area contributed by atoms with Gasteiger partial charge in [-0.25, -0.2) is 4.99 Å². The van der Waals surface area contributed by atoms with Gasteiger partial charge in [0.25, 0.3) is 0 Å². The molecule has 0 aromatic carbocycles. The zero-order valence-electron chi connectivity index (χ0n) is 7.89. The number of carboxylic acids is 1. The third-order valence-corrected chi connectivity index (χ3v) is 1.68. The SMILES string of the molecule is CC(=O)[O-].CC1=NCCC[NH+]1C. The molecule has 1 aliphatic heterocycles. The summed E-state index contributed by atoms with van der Waals surface area (Å²) in [5, 5.41) is 8.89. The van der Waals surface area contributed by atoms with Gasteiger partial charge >= 0.3 is 0 Å². The van der Waals surface area contributed by atoms with Crippen LogP contribution in [-0.4, -0.2) is 31.9 Å². The van der Waals surface area contributed by atoms with E-state index in [0.29, 0.717) is 0 Å². The number of nitrogens with one attached hydrogen (secondary N) is 1. The van der Waals surface area contributed by atoms with E-state index < -0.39 is 5.97 Å². The molecule has 0 amide bonds. The van der Waals surface area contributed by atoms with Crippen molar-refractivity contribution in [1.82, 2.24) is 0 Å². The summed E-state index contributed by atoms with van der Waals surface area (Å²) in [5.74, 6) is 0.177. The standard InChI is InChI=1S/C6H12N2.C2H4O2/c1-6-7-4-3-5-8(6)2;1-2(3)4/h3-5H2,1-2H3;1H3,(H,3,4). The number of amidine groups is 1. The van der Waals surface area contributed by atoms with Gasteiger partial charge in [-0.05, 0) is 6.92 Å². The Morgan fingerprint density at radius 1 is 1.67 bits per heavy atom. The number of quaternary nitrogens is 1. The highest BCUT2D eigenvalue weighted by Crippen LogP contribution is 1.81. The molecular weight excluding hydrogens is 156 g/mol. The van der Waals surface area contributed by atoms with E-state index >= 15 is 0 Å². The first-order valence-electron chi connectivity index (χ1n) is 4.05. The van der Waals surface area contributed by atoms with Crippen LogP contribution in [0.1, 0.15) is 20.3 Å². The summed E-state index contributed by atoms with van der Waals surface area (Å²) in [5.41, 5.74) is 0. The highest BCUT2D eigenvalue weighted by Gasteiger charge is 2.09. The number of hydrogen-bond acceptors (Lipinski definition) is 3. The first-order valence-corrected chi connectivity index (χ1v) is 4.05. The van der Waals surface area contributed by atoms with Gasteiger partial charge in [-0.3, -0.25) is 4.90 Å². The lowest BCUT2D eigenvalue weighted by Crippen LogP contribution is -3.12. The minimum atomic E-state index is -1.08. The Morgan fingerprint density at radius 3 is 2.42 bits per heavy atom. The van der Waals surface area contributed by atoms with E-state index in [9.17, 15) is 0 Å². The molecule has 1 heterocycles. The normalized spacial score (nSPS) is 21.9. The van der Waals surface area contributed by atoms with E-state index in [2.05, 4.69) is 19.0 Å². The molecule has 1 aliphatic rings. The van der Waals surface area contributed by atoms with E-state index in [-0.39, 0.29) is 0 Å². The van der Waals surface area contributed by atoms with Crippen LogP contribution in [-0.2, 0) is 4.79 Å². The highest BCUT2D eigenvalue weighted by atomic mass is 16.4. The molecule has 70 valence electrons. The molecular formula is C8H16N2O2. The van der Waals surface area contributed by atoms with Gasteiger partial charge in [-0.2, -0.15) is 0 Å². The quantitative estimate of drug-likeness (QED) is 0.463. The predicted molar refractivity (Wildman–Crippen MR) is 45.0 cm³/mol. The number of aliphatic carboxylic acids is 1. The molecule has 4 heteroatoms. The van der Waals surface area contributed by atoms with E-state index in [1.54, 1.807) is 0 Å². The third kappa shape index (κ3) is 5.85. The summed E-state index contributed by atoms with van der Waals surface area (Å²) in [4.78, 5) is 14.6. The van der Waals surface area contributed by atoms with Crippen LogP contribution in [0.4, 0.5) is 0 Å². The van der Waals surface area contributed by atoms with E-state index in [1.807, 2.05) is 0 Å². The van der Waals surface area contributed by atoms with Crippen molar-refractivity contribution in [2.24, 2.45) is 4.99 Å². The predicted octanol–water partition coefficient (Wildman–Crippen LogP) is -1.92. The molecule has 4 nitrogen and oxygen atoms in total. The number of hydrogen-bond donors (Lipinski definition) is 1. The smallest absolute Gasteiger partial charge is 0.193 e. The highest BCUT2D eigenvalue weighted by molar-refractivity contribution is 5.70. The largest absolute Gasteiger partial charge is 0.550 e. The Kier molecular flexibility index (Phi) is 5.28. The second kappa shape index (κ2) is 5.71. The van der Waals surface area contributed by atoms with Crippen LogP contribution < -0.4 is 10.0 Å². The fraction of sp³-hybridized carbons (Fsp3) is 0.750. The van der Waals surface area contributed by atoms with Crippen molar-refractivity contribution in [3.05, 3.63) is 0 Å². The molecule has 0 aliphatic carbocycles. The number of carbonyl (C=O) groups excluding carboxylic acids is 1. The van der Waals surface area contributed by atoms with Gasteiger partial charge in [0, 0.05) is 25.9 Å². The van der Waals surface area contributed by atoms with Crippen LogP contribution in [0.25, 0.3) is 0 Å². The van der Waals surface area contributed by atoms with Gasteiger partial charge in [-0.1, -0.05) is 0 Å². The Bertz CT molecular complexity index is 174. The lowest BCUT2D eigenvalue weighted by atomic mass is 10.3. The van der Waals surface area contributed by atoms with Gasteiger partial charge in [-0.15, -0.1) is 0 Å². The average Bonchev–Trinajstić information content (AvgIpc) is 1.94. The van der Waals surface area contributed by atoms with Crippen LogP contribution in [0.3, 0.4) is 0 Å². The van der Waals surface area contributed by atoms with Crippen LogP contribution in [0.15, 0.2) is 4.99 Å². The maximum atomic E-state index is 8.89. The number of rotatable bonds is 0. The number of aliphatic imine (C=N–C) groups is 1. The number of carboxylic acid groups (broad SMARTS) is 1. The maximum Gasteiger partial charge on any atom is 0.193 e. The third-order valence-electron chi connectivity index (χ3n) is 1.68. The maximum absolute atomic E-state index is 8.89. The zero-order chi connectivity index (χ0) is 9.56. The van der Waals surface area contributed by atoms with Crippen LogP contribution in [0, 0.1) is 0 Å². The van der Waals surface area contributed by atoms with Gasteiger partial charge in [0.15, 0.2) is 5.84 Å². The molecule has 0 saturated heterocycles. The topological polar surface area (TPSA) is 56.9 Å². The second-order valence-electron chi connectivity index (χ2n) is 2.84. The second-order valence-corrected chi connectivity index (χ2v) is 2.84. The van der Waals surface area contributed by atoms with E-state index in [1.165, 1.54) is 23.7 Å². The van der Waals surface area contributed by atoms with Crippen LogP contribution in [0.5, 0.6) is 0 Å². The Morgan fingerprint density at radius 2 is 2.17 bits per heavy atom. The molecule has 0 aromatic heterocycles. The molecule has 1 atom stereocenters. The van der Waals surface area contributed by atoms with Crippen LogP contribution >= 0.6 is 0 Å².